The van der Waals surface area contributed by atoms with E-state index in [9.17, 15) is 9.18 Å². The highest BCUT2D eigenvalue weighted by atomic mass is 19.1. The second-order valence-corrected chi connectivity index (χ2v) is 4.33. The highest BCUT2D eigenvalue weighted by Gasteiger charge is 2.12. The number of ether oxygens (including phenoxy) is 1. The number of benzene rings is 2. The van der Waals surface area contributed by atoms with Gasteiger partial charge in [-0.1, -0.05) is 30.3 Å². The number of aldehydes is 1. The van der Waals surface area contributed by atoms with Crippen LogP contribution in [0.15, 0.2) is 48.5 Å². The lowest BCUT2D eigenvalue weighted by Gasteiger charge is -2.15. The molecule has 2 aromatic carbocycles. The molecular weight excluding hydrogens is 243 g/mol. The van der Waals surface area contributed by atoms with Gasteiger partial charge in [-0.3, -0.25) is 4.79 Å². The average Bonchev–Trinajstić information content (AvgIpc) is 2.46. The van der Waals surface area contributed by atoms with Gasteiger partial charge in [0.05, 0.1) is 12.7 Å². The summed E-state index contributed by atoms with van der Waals surface area (Å²) in [7, 11) is 0. The van der Waals surface area contributed by atoms with Crippen LogP contribution in [0.25, 0.3) is 0 Å². The van der Waals surface area contributed by atoms with Crippen LogP contribution < -0.4 is 0 Å². The number of carbonyl (C=O) groups excluding carboxylic acids is 1. The first kappa shape index (κ1) is 13.4. The fourth-order valence-electron chi connectivity index (χ4n) is 1.89. The quantitative estimate of drug-likeness (QED) is 0.760. The molecule has 0 heterocycles. The molecule has 98 valence electrons. The Hall–Kier alpha value is -2.00. The van der Waals surface area contributed by atoms with Crippen molar-refractivity contribution in [2.75, 3.05) is 0 Å². The van der Waals surface area contributed by atoms with Crippen LogP contribution in [-0.2, 0) is 11.3 Å². The lowest BCUT2D eigenvalue weighted by atomic mass is 10.0. The van der Waals surface area contributed by atoms with E-state index in [1.807, 2.05) is 37.3 Å². The van der Waals surface area contributed by atoms with Crippen molar-refractivity contribution in [2.24, 2.45) is 0 Å². The molecule has 0 aliphatic carbocycles. The molecular formula is C16H15FO2. The van der Waals surface area contributed by atoms with Gasteiger partial charge in [0.15, 0.2) is 0 Å². The lowest BCUT2D eigenvalue weighted by molar-refractivity contribution is 0.0517. The Kier molecular flexibility index (Phi) is 4.42. The van der Waals surface area contributed by atoms with Gasteiger partial charge in [0.25, 0.3) is 0 Å². The summed E-state index contributed by atoms with van der Waals surface area (Å²) in [5.41, 5.74) is 2.08. The van der Waals surface area contributed by atoms with Gasteiger partial charge >= 0.3 is 0 Å². The fourth-order valence-corrected chi connectivity index (χ4v) is 1.89. The van der Waals surface area contributed by atoms with Crippen molar-refractivity contribution < 1.29 is 13.9 Å². The van der Waals surface area contributed by atoms with E-state index in [1.165, 1.54) is 18.2 Å². The molecule has 0 N–H and O–H groups in total. The van der Waals surface area contributed by atoms with Crippen LogP contribution in [0.5, 0.6) is 0 Å². The van der Waals surface area contributed by atoms with Gasteiger partial charge in [-0.05, 0) is 36.2 Å². The predicted molar refractivity (Wildman–Crippen MR) is 71.4 cm³/mol. The smallest absolute Gasteiger partial charge is 0.150 e. The van der Waals surface area contributed by atoms with Crippen molar-refractivity contribution in [2.45, 2.75) is 19.6 Å². The third kappa shape index (κ3) is 3.48. The van der Waals surface area contributed by atoms with Gasteiger partial charge in [0.2, 0.25) is 0 Å². The topological polar surface area (TPSA) is 26.3 Å². The first-order valence-electron chi connectivity index (χ1n) is 6.11. The van der Waals surface area contributed by atoms with E-state index in [2.05, 4.69) is 0 Å². The summed E-state index contributed by atoms with van der Waals surface area (Å²) in [5.74, 6) is -0.365. The lowest BCUT2D eigenvalue weighted by Crippen LogP contribution is -2.04. The van der Waals surface area contributed by atoms with Crippen LogP contribution >= 0.6 is 0 Å². The zero-order valence-corrected chi connectivity index (χ0v) is 10.7. The van der Waals surface area contributed by atoms with E-state index in [0.717, 1.165) is 11.8 Å². The minimum atomic E-state index is -0.365. The van der Waals surface area contributed by atoms with Crippen molar-refractivity contribution in [3.05, 3.63) is 71.0 Å². The Labute approximate surface area is 111 Å². The molecule has 0 aromatic heterocycles. The SMILES string of the molecule is C[C@@H](OCc1ccccc1)c1cc(F)ccc1C=O. The maximum atomic E-state index is 13.2. The first-order valence-corrected chi connectivity index (χ1v) is 6.11. The molecule has 0 saturated carbocycles. The molecule has 0 radical (unpaired) electrons. The van der Waals surface area contributed by atoms with Gasteiger partial charge in [0, 0.05) is 5.56 Å². The Bertz CT molecular complexity index is 552. The summed E-state index contributed by atoms with van der Waals surface area (Å²) in [6, 6.07) is 13.8. The molecule has 2 aromatic rings. The molecule has 2 nitrogen and oxygen atoms in total. The zero-order chi connectivity index (χ0) is 13.7. The molecule has 0 fully saturated rings. The molecule has 0 amide bonds. The molecule has 19 heavy (non-hydrogen) atoms. The van der Waals surface area contributed by atoms with Crippen LogP contribution in [-0.4, -0.2) is 6.29 Å². The second kappa shape index (κ2) is 6.25. The van der Waals surface area contributed by atoms with Crippen LogP contribution in [0.2, 0.25) is 0 Å². The van der Waals surface area contributed by atoms with Gasteiger partial charge in [-0.15, -0.1) is 0 Å². The first-order chi connectivity index (χ1) is 9.20. The van der Waals surface area contributed by atoms with Crippen molar-refractivity contribution in [1.29, 1.82) is 0 Å². The van der Waals surface area contributed by atoms with Crippen LogP contribution in [0.3, 0.4) is 0 Å². The van der Waals surface area contributed by atoms with E-state index in [-0.39, 0.29) is 11.9 Å². The van der Waals surface area contributed by atoms with E-state index in [4.69, 9.17) is 4.74 Å². The molecule has 3 heteroatoms. The number of halogens is 1. The Morgan fingerprint density at radius 2 is 1.95 bits per heavy atom. The molecule has 2 rings (SSSR count). The molecule has 1 atom stereocenters. The number of rotatable bonds is 5. The summed E-state index contributed by atoms with van der Waals surface area (Å²) in [6.07, 6.45) is 0.382. The molecule has 0 spiro atoms. The fraction of sp³-hybridized carbons (Fsp3) is 0.188. The molecule has 0 aliphatic heterocycles. The number of hydrogen-bond donors (Lipinski definition) is 0. The molecule has 0 saturated heterocycles. The van der Waals surface area contributed by atoms with E-state index in [1.54, 1.807) is 0 Å². The molecule has 0 aliphatic rings. The maximum absolute atomic E-state index is 13.2. The van der Waals surface area contributed by atoms with Gasteiger partial charge in [-0.25, -0.2) is 4.39 Å². The van der Waals surface area contributed by atoms with E-state index < -0.39 is 0 Å². The number of carbonyl (C=O) groups is 1. The van der Waals surface area contributed by atoms with Gasteiger partial charge < -0.3 is 4.74 Å². The average molecular weight is 258 g/mol. The summed E-state index contributed by atoms with van der Waals surface area (Å²) >= 11 is 0. The third-order valence-electron chi connectivity index (χ3n) is 2.96. The van der Waals surface area contributed by atoms with Crippen molar-refractivity contribution >= 4 is 6.29 Å². The predicted octanol–water partition coefficient (Wildman–Crippen LogP) is 3.92. The monoisotopic (exact) mass is 258 g/mol. The second-order valence-electron chi connectivity index (χ2n) is 4.33. The summed E-state index contributed by atoms with van der Waals surface area (Å²) < 4.78 is 18.9. The summed E-state index contributed by atoms with van der Waals surface area (Å²) in [6.45, 7) is 2.24. The van der Waals surface area contributed by atoms with E-state index in [0.29, 0.717) is 17.7 Å². The van der Waals surface area contributed by atoms with Crippen LogP contribution in [0, 0.1) is 5.82 Å². The zero-order valence-electron chi connectivity index (χ0n) is 10.7. The van der Waals surface area contributed by atoms with Crippen LogP contribution in [0.4, 0.5) is 4.39 Å². The normalized spacial score (nSPS) is 12.1. The van der Waals surface area contributed by atoms with E-state index >= 15 is 0 Å². The highest BCUT2D eigenvalue weighted by Crippen LogP contribution is 2.22. The minimum Gasteiger partial charge on any atom is -0.369 e. The Balaban J connectivity index is 2.09. The molecule has 0 unspecified atom stereocenters. The largest absolute Gasteiger partial charge is 0.369 e. The van der Waals surface area contributed by atoms with Gasteiger partial charge in [-0.2, -0.15) is 0 Å². The Morgan fingerprint density at radius 1 is 1.21 bits per heavy atom. The highest BCUT2D eigenvalue weighted by molar-refractivity contribution is 5.77. The van der Waals surface area contributed by atoms with Crippen molar-refractivity contribution in [3.63, 3.8) is 0 Å². The third-order valence-corrected chi connectivity index (χ3v) is 2.96. The Morgan fingerprint density at radius 3 is 2.63 bits per heavy atom. The summed E-state index contributed by atoms with van der Waals surface area (Å²) in [4.78, 5) is 10.9. The number of hydrogen-bond acceptors (Lipinski definition) is 2. The van der Waals surface area contributed by atoms with Crippen molar-refractivity contribution in [1.82, 2.24) is 0 Å². The maximum Gasteiger partial charge on any atom is 0.150 e. The van der Waals surface area contributed by atoms with Crippen LogP contribution in [0.1, 0.15) is 34.5 Å². The van der Waals surface area contributed by atoms with Crippen molar-refractivity contribution in [3.8, 4) is 0 Å². The minimum absolute atomic E-state index is 0.337. The summed E-state index contributed by atoms with van der Waals surface area (Å²) in [5, 5.41) is 0. The standard InChI is InChI=1S/C16H15FO2/c1-12(19-11-13-5-3-2-4-6-13)16-9-15(17)8-7-14(16)10-18/h2-10,12H,11H2,1H3/t12-/m1/s1. The van der Waals surface area contributed by atoms with Gasteiger partial charge in [0.1, 0.15) is 12.1 Å². The molecule has 0 bridgehead atoms.